The third kappa shape index (κ3) is 4.12. The number of rotatable bonds is 6. The molecule has 0 atom stereocenters. The van der Waals surface area contributed by atoms with E-state index in [0.29, 0.717) is 0 Å². The van der Waals surface area contributed by atoms with E-state index >= 15 is 0 Å². The number of unbranched alkanes of at least 4 members (excludes halogenated alkanes) is 2. The van der Waals surface area contributed by atoms with Crippen LogP contribution >= 0.6 is 15.9 Å². The zero-order valence-electron chi connectivity index (χ0n) is 7.35. The maximum atomic E-state index is 3.44. The van der Waals surface area contributed by atoms with Crippen molar-refractivity contribution in [3.8, 4) is 0 Å². The Hall–Kier alpha value is 0.440. The van der Waals surface area contributed by atoms with Crippen LogP contribution in [0.25, 0.3) is 0 Å². The predicted octanol–water partition coefficient (Wildman–Crippen LogP) is 2.65. The molecule has 1 aliphatic rings. The first-order chi connectivity index (χ1) is 5.34. The molecule has 0 bridgehead atoms. The Morgan fingerprint density at radius 2 is 2.00 bits per heavy atom. The summed E-state index contributed by atoms with van der Waals surface area (Å²) < 4.78 is 0. The average Bonchev–Trinajstić information content (AvgIpc) is 2.79. The molecule has 1 nitrogen and oxygen atoms in total. The minimum absolute atomic E-state index is 0.943. The lowest BCUT2D eigenvalue weighted by Crippen LogP contribution is -2.21. The molecule has 0 saturated heterocycles. The van der Waals surface area contributed by atoms with Crippen LogP contribution in [0.1, 0.15) is 32.1 Å². The van der Waals surface area contributed by atoms with E-state index in [1.807, 2.05) is 0 Å². The SMILES string of the molecule is CN(CCCCCBr)C1CC1. The average molecular weight is 220 g/mol. The topological polar surface area (TPSA) is 3.24 Å². The van der Waals surface area contributed by atoms with Crippen molar-refractivity contribution in [2.24, 2.45) is 0 Å². The molecular weight excluding hydrogens is 202 g/mol. The van der Waals surface area contributed by atoms with Crippen molar-refractivity contribution < 1.29 is 0 Å². The van der Waals surface area contributed by atoms with Crippen molar-refractivity contribution >= 4 is 15.9 Å². The molecule has 0 heterocycles. The van der Waals surface area contributed by atoms with Gasteiger partial charge in [0.1, 0.15) is 0 Å². The van der Waals surface area contributed by atoms with Crippen molar-refractivity contribution in [3.05, 3.63) is 0 Å². The quantitative estimate of drug-likeness (QED) is 0.491. The fourth-order valence-corrected chi connectivity index (χ4v) is 1.73. The van der Waals surface area contributed by atoms with Gasteiger partial charge in [0.2, 0.25) is 0 Å². The summed E-state index contributed by atoms with van der Waals surface area (Å²) in [7, 11) is 2.26. The second-order valence-electron chi connectivity index (χ2n) is 3.46. The van der Waals surface area contributed by atoms with Gasteiger partial charge in [0, 0.05) is 11.4 Å². The zero-order valence-corrected chi connectivity index (χ0v) is 8.94. The van der Waals surface area contributed by atoms with Gasteiger partial charge in [-0.05, 0) is 39.3 Å². The second kappa shape index (κ2) is 5.15. The van der Waals surface area contributed by atoms with Gasteiger partial charge in [0.15, 0.2) is 0 Å². The molecule has 11 heavy (non-hydrogen) atoms. The highest BCUT2D eigenvalue weighted by molar-refractivity contribution is 9.09. The third-order valence-electron chi connectivity index (χ3n) is 2.31. The molecule has 0 N–H and O–H groups in total. The van der Waals surface area contributed by atoms with Gasteiger partial charge in [-0.2, -0.15) is 0 Å². The van der Waals surface area contributed by atoms with E-state index in [4.69, 9.17) is 0 Å². The molecule has 1 fully saturated rings. The van der Waals surface area contributed by atoms with E-state index in [2.05, 4.69) is 27.9 Å². The lowest BCUT2D eigenvalue weighted by atomic mass is 10.2. The van der Waals surface area contributed by atoms with Gasteiger partial charge in [-0.1, -0.05) is 22.4 Å². The first kappa shape index (κ1) is 9.53. The van der Waals surface area contributed by atoms with Gasteiger partial charge in [0.05, 0.1) is 0 Å². The molecule has 0 aromatic carbocycles. The Balaban J connectivity index is 1.85. The number of hydrogen-bond acceptors (Lipinski definition) is 1. The lowest BCUT2D eigenvalue weighted by molar-refractivity contribution is 0.316. The van der Waals surface area contributed by atoms with Crippen LogP contribution < -0.4 is 0 Å². The summed E-state index contributed by atoms with van der Waals surface area (Å²) in [6.45, 7) is 1.30. The van der Waals surface area contributed by atoms with Crippen LogP contribution in [0.2, 0.25) is 0 Å². The van der Waals surface area contributed by atoms with Crippen LogP contribution in [0, 0.1) is 0 Å². The molecule has 1 saturated carbocycles. The van der Waals surface area contributed by atoms with E-state index in [-0.39, 0.29) is 0 Å². The minimum atomic E-state index is 0.943. The van der Waals surface area contributed by atoms with Gasteiger partial charge in [-0.15, -0.1) is 0 Å². The van der Waals surface area contributed by atoms with E-state index in [0.717, 1.165) is 6.04 Å². The Kier molecular flexibility index (Phi) is 4.46. The summed E-state index contributed by atoms with van der Waals surface area (Å²) in [5.41, 5.74) is 0. The number of alkyl halides is 1. The van der Waals surface area contributed by atoms with Crippen molar-refractivity contribution in [3.63, 3.8) is 0 Å². The third-order valence-corrected chi connectivity index (χ3v) is 2.88. The molecule has 0 unspecified atom stereocenters. The monoisotopic (exact) mass is 219 g/mol. The molecule has 2 heteroatoms. The number of halogens is 1. The van der Waals surface area contributed by atoms with Crippen LogP contribution in [0.4, 0.5) is 0 Å². The van der Waals surface area contributed by atoms with Crippen molar-refractivity contribution in [2.45, 2.75) is 38.1 Å². The lowest BCUT2D eigenvalue weighted by Gasteiger charge is -2.14. The largest absolute Gasteiger partial charge is 0.303 e. The van der Waals surface area contributed by atoms with Crippen molar-refractivity contribution in [1.29, 1.82) is 0 Å². The summed E-state index contributed by atoms with van der Waals surface area (Å²) in [4.78, 5) is 2.51. The summed E-state index contributed by atoms with van der Waals surface area (Å²) in [6.07, 6.45) is 6.96. The zero-order chi connectivity index (χ0) is 8.10. The molecule has 0 amide bonds. The van der Waals surface area contributed by atoms with Gasteiger partial charge >= 0.3 is 0 Å². The van der Waals surface area contributed by atoms with Crippen LogP contribution in [0.3, 0.4) is 0 Å². The summed E-state index contributed by atoms with van der Waals surface area (Å²) in [6, 6.07) is 0.943. The van der Waals surface area contributed by atoms with E-state index in [1.54, 1.807) is 0 Å². The standard InChI is InChI=1S/C9H18BrN/c1-11(9-5-6-9)8-4-2-3-7-10/h9H,2-8H2,1H3. The minimum Gasteiger partial charge on any atom is -0.303 e. The predicted molar refractivity (Wildman–Crippen MR) is 53.3 cm³/mol. The van der Waals surface area contributed by atoms with Crippen molar-refractivity contribution in [2.75, 3.05) is 18.9 Å². The van der Waals surface area contributed by atoms with E-state index in [9.17, 15) is 0 Å². The first-order valence-corrected chi connectivity index (χ1v) is 5.73. The van der Waals surface area contributed by atoms with E-state index in [1.165, 1.54) is 44.0 Å². The molecule has 1 aliphatic carbocycles. The maximum absolute atomic E-state index is 3.44. The highest BCUT2D eigenvalue weighted by Crippen LogP contribution is 2.25. The van der Waals surface area contributed by atoms with Crippen LogP contribution in [-0.4, -0.2) is 29.9 Å². The highest BCUT2D eigenvalue weighted by Gasteiger charge is 2.25. The Labute approximate surface area is 78.3 Å². The summed E-state index contributed by atoms with van der Waals surface area (Å²) >= 11 is 3.44. The summed E-state index contributed by atoms with van der Waals surface area (Å²) in [5.74, 6) is 0. The molecule has 0 radical (unpaired) electrons. The Morgan fingerprint density at radius 1 is 1.27 bits per heavy atom. The highest BCUT2D eigenvalue weighted by atomic mass is 79.9. The fraction of sp³-hybridized carbons (Fsp3) is 1.00. The molecule has 0 spiro atoms. The number of nitrogens with zero attached hydrogens (tertiary/aromatic N) is 1. The van der Waals surface area contributed by atoms with Gasteiger partial charge in [-0.3, -0.25) is 0 Å². The van der Waals surface area contributed by atoms with Crippen LogP contribution in [0.15, 0.2) is 0 Å². The smallest absolute Gasteiger partial charge is 0.00933 e. The van der Waals surface area contributed by atoms with Crippen LogP contribution in [0.5, 0.6) is 0 Å². The van der Waals surface area contributed by atoms with Gasteiger partial charge in [0.25, 0.3) is 0 Å². The molecule has 1 rings (SSSR count). The molecule has 66 valence electrons. The normalized spacial score (nSPS) is 17.7. The van der Waals surface area contributed by atoms with Crippen LogP contribution in [-0.2, 0) is 0 Å². The summed E-state index contributed by atoms with van der Waals surface area (Å²) in [5, 5.41) is 1.17. The molecule has 0 aromatic heterocycles. The first-order valence-electron chi connectivity index (χ1n) is 4.61. The second-order valence-corrected chi connectivity index (χ2v) is 4.25. The molecule has 0 aromatic rings. The fourth-order valence-electron chi connectivity index (χ4n) is 1.33. The van der Waals surface area contributed by atoms with Gasteiger partial charge in [-0.25, -0.2) is 0 Å². The van der Waals surface area contributed by atoms with E-state index < -0.39 is 0 Å². The Morgan fingerprint density at radius 3 is 2.55 bits per heavy atom. The molecule has 0 aliphatic heterocycles. The van der Waals surface area contributed by atoms with Crippen molar-refractivity contribution in [1.82, 2.24) is 4.90 Å². The van der Waals surface area contributed by atoms with Gasteiger partial charge < -0.3 is 4.90 Å². The number of hydrogen-bond donors (Lipinski definition) is 0. The maximum Gasteiger partial charge on any atom is 0.00933 e. The molecular formula is C9H18BrN. The Bertz CT molecular complexity index is 102.